The zero-order valence-electron chi connectivity index (χ0n) is 10.9. The average Bonchev–Trinajstić information content (AvgIpc) is 3.02. The van der Waals surface area contributed by atoms with Gasteiger partial charge in [0.25, 0.3) is 0 Å². The molecule has 104 valence electrons. The van der Waals surface area contributed by atoms with Crippen LogP contribution in [0.2, 0.25) is 0 Å². The molecule has 1 N–H and O–H groups in total. The zero-order valence-corrected chi connectivity index (χ0v) is 10.9. The molecule has 2 aromatic heterocycles. The second-order valence-electron chi connectivity index (χ2n) is 4.26. The van der Waals surface area contributed by atoms with Gasteiger partial charge in [0.15, 0.2) is 0 Å². The van der Waals surface area contributed by atoms with Gasteiger partial charge in [0.1, 0.15) is 5.75 Å². The lowest BCUT2D eigenvalue weighted by Crippen LogP contribution is -1.98. The number of nitrogens with zero attached hydrogens (tertiary/aromatic N) is 3. The Morgan fingerprint density at radius 2 is 2.10 bits per heavy atom. The number of carboxylic acid groups (broad SMARTS) is 1. The fraction of sp³-hybridized carbons (Fsp3) is 0. The topological polar surface area (TPSA) is 77.2 Å². The van der Waals surface area contributed by atoms with Crippen molar-refractivity contribution in [2.24, 2.45) is 0 Å². The third-order valence-electron chi connectivity index (χ3n) is 2.82. The molecular weight excluding hydrogens is 270 g/mol. The largest absolute Gasteiger partial charge is 0.478 e. The van der Waals surface area contributed by atoms with Crippen molar-refractivity contribution in [3.05, 3.63) is 66.9 Å². The van der Waals surface area contributed by atoms with Crippen molar-refractivity contribution in [3.8, 4) is 17.3 Å². The normalized spacial score (nSPS) is 10.3. The molecule has 0 aliphatic rings. The lowest BCUT2D eigenvalue weighted by atomic mass is 10.2. The fourth-order valence-electron chi connectivity index (χ4n) is 1.84. The standard InChI is InChI=1S/C15H11N3O3/c19-15(20)11-4-5-17-14(8-11)21-13-3-1-2-12(9-13)18-7-6-16-10-18/h1-10H,(H,19,20). The number of carbonyl (C=O) groups is 1. The van der Waals surface area contributed by atoms with Gasteiger partial charge in [-0.3, -0.25) is 0 Å². The van der Waals surface area contributed by atoms with Crippen LogP contribution >= 0.6 is 0 Å². The van der Waals surface area contributed by atoms with Gasteiger partial charge >= 0.3 is 5.97 Å². The number of aromatic nitrogens is 3. The van der Waals surface area contributed by atoms with E-state index in [1.54, 1.807) is 18.6 Å². The summed E-state index contributed by atoms with van der Waals surface area (Å²) in [5.41, 5.74) is 1.02. The monoisotopic (exact) mass is 281 g/mol. The van der Waals surface area contributed by atoms with E-state index in [1.165, 1.54) is 18.3 Å². The van der Waals surface area contributed by atoms with E-state index in [0.717, 1.165) is 5.69 Å². The van der Waals surface area contributed by atoms with Gasteiger partial charge in [-0.25, -0.2) is 14.8 Å². The van der Waals surface area contributed by atoms with Crippen LogP contribution in [-0.4, -0.2) is 25.6 Å². The van der Waals surface area contributed by atoms with Crippen LogP contribution in [0.5, 0.6) is 11.6 Å². The van der Waals surface area contributed by atoms with Gasteiger partial charge in [-0.2, -0.15) is 0 Å². The fourth-order valence-corrected chi connectivity index (χ4v) is 1.84. The first-order valence-electron chi connectivity index (χ1n) is 6.18. The van der Waals surface area contributed by atoms with Crippen LogP contribution in [0.15, 0.2) is 61.3 Å². The number of benzene rings is 1. The van der Waals surface area contributed by atoms with E-state index in [-0.39, 0.29) is 11.4 Å². The molecule has 0 radical (unpaired) electrons. The van der Waals surface area contributed by atoms with Crippen molar-refractivity contribution in [1.82, 2.24) is 14.5 Å². The maximum atomic E-state index is 10.9. The molecular formula is C15H11N3O3. The molecule has 21 heavy (non-hydrogen) atoms. The molecule has 2 heterocycles. The number of hydrogen-bond acceptors (Lipinski definition) is 4. The number of aromatic carboxylic acids is 1. The Hall–Kier alpha value is -3.15. The zero-order chi connectivity index (χ0) is 14.7. The van der Waals surface area contributed by atoms with Gasteiger partial charge in [0, 0.05) is 30.7 Å². The molecule has 0 aliphatic heterocycles. The molecule has 6 heteroatoms. The lowest BCUT2D eigenvalue weighted by molar-refractivity contribution is 0.0696. The molecule has 3 aromatic rings. The molecule has 6 nitrogen and oxygen atoms in total. The summed E-state index contributed by atoms with van der Waals surface area (Å²) >= 11 is 0. The first-order valence-corrected chi connectivity index (χ1v) is 6.18. The summed E-state index contributed by atoms with van der Waals surface area (Å²) in [6, 6.07) is 10.1. The van der Waals surface area contributed by atoms with Crippen molar-refractivity contribution in [2.45, 2.75) is 0 Å². The molecule has 3 rings (SSSR count). The van der Waals surface area contributed by atoms with Crippen LogP contribution < -0.4 is 4.74 Å². The molecule has 0 aliphatic carbocycles. The van der Waals surface area contributed by atoms with Crippen LogP contribution in [0.25, 0.3) is 5.69 Å². The Morgan fingerprint density at radius 3 is 2.86 bits per heavy atom. The number of rotatable bonds is 4. The van der Waals surface area contributed by atoms with E-state index in [4.69, 9.17) is 9.84 Å². The van der Waals surface area contributed by atoms with Gasteiger partial charge in [0.2, 0.25) is 5.88 Å². The summed E-state index contributed by atoms with van der Waals surface area (Å²) in [5.74, 6) is -0.219. The first-order chi connectivity index (χ1) is 10.2. The molecule has 0 fully saturated rings. The summed E-state index contributed by atoms with van der Waals surface area (Å²) < 4.78 is 7.44. The number of pyridine rings is 1. The Morgan fingerprint density at radius 1 is 1.19 bits per heavy atom. The third kappa shape index (κ3) is 2.89. The Bertz CT molecular complexity index is 769. The molecule has 0 atom stereocenters. The van der Waals surface area contributed by atoms with Crippen LogP contribution in [-0.2, 0) is 0 Å². The van der Waals surface area contributed by atoms with E-state index < -0.39 is 5.97 Å². The summed E-state index contributed by atoms with van der Waals surface area (Å²) in [5, 5.41) is 8.95. The van der Waals surface area contributed by atoms with Gasteiger partial charge in [0.05, 0.1) is 17.6 Å². The Labute approximate surface area is 120 Å². The molecule has 0 amide bonds. The van der Waals surface area contributed by atoms with Gasteiger partial charge in [-0.1, -0.05) is 6.07 Å². The summed E-state index contributed by atoms with van der Waals surface area (Å²) in [4.78, 5) is 18.9. The van der Waals surface area contributed by atoms with E-state index in [9.17, 15) is 4.79 Å². The highest BCUT2D eigenvalue weighted by molar-refractivity contribution is 5.87. The smallest absolute Gasteiger partial charge is 0.335 e. The predicted octanol–water partition coefficient (Wildman–Crippen LogP) is 2.76. The first kappa shape index (κ1) is 12.9. The minimum atomic E-state index is -1.02. The molecule has 0 unspecified atom stereocenters. The maximum absolute atomic E-state index is 10.9. The van der Waals surface area contributed by atoms with Crippen molar-refractivity contribution in [3.63, 3.8) is 0 Å². The highest BCUT2D eigenvalue weighted by Crippen LogP contribution is 2.22. The van der Waals surface area contributed by atoms with Gasteiger partial charge in [-0.05, 0) is 18.2 Å². The minimum Gasteiger partial charge on any atom is -0.478 e. The highest BCUT2D eigenvalue weighted by atomic mass is 16.5. The molecule has 0 spiro atoms. The summed E-state index contributed by atoms with van der Waals surface area (Å²) in [6.45, 7) is 0. The van der Waals surface area contributed by atoms with Crippen molar-refractivity contribution in [1.29, 1.82) is 0 Å². The van der Waals surface area contributed by atoms with Crippen molar-refractivity contribution >= 4 is 5.97 Å². The van der Waals surface area contributed by atoms with E-state index in [2.05, 4.69) is 9.97 Å². The summed E-state index contributed by atoms with van der Waals surface area (Å²) in [6.07, 6.45) is 6.59. The Balaban J connectivity index is 1.87. The second kappa shape index (κ2) is 5.46. The highest BCUT2D eigenvalue weighted by Gasteiger charge is 2.06. The number of carboxylic acids is 1. The molecule has 0 bridgehead atoms. The second-order valence-corrected chi connectivity index (χ2v) is 4.26. The number of ether oxygens (including phenoxy) is 1. The third-order valence-corrected chi connectivity index (χ3v) is 2.82. The van der Waals surface area contributed by atoms with Crippen LogP contribution in [0, 0.1) is 0 Å². The SMILES string of the molecule is O=C(O)c1ccnc(Oc2cccc(-n3ccnc3)c2)c1. The van der Waals surface area contributed by atoms with E-state index >= 15 is 0 Å². The average molecular weight is 281 g/mol. The summed E-state index contributed by atoms with van der Waals surface area (Å²) in [7, 11) is 0. The predicted molar refractivity (Wildman–Crippen MR) is 74.8 cm³/mol. The number of hydrogen-bond donors (Lipinski definition) is 1. The minimum absolute atomic E-state index is 0.130. The van der Waals surface area contributed by atoms with E-state index in [1.807, 2.05) is 29.0 Å². The number of imidazole rings is 1. The van der Waals surface area contributed by atoms with Crippen LogP contribution in [0.4, 0.5) is 0 Å². The van der Waals surface area contributed by atoms with Crippen molar-refractivity contribution < 1.29 is 14.6 Å². The Kier molecular flexibility index (Phi) is 3.34. The van der Waals surface area contributed by atoms with E-state index in [0.29, 0.717) is 5.75 Å². The van der Waals surface area contributed by atoms with Gasteiger partial charge in [-0.15, -0.1) is 0 Å². The maximum Gasteiger partial charge on any atom is 0.335 e. The molecule has 0 saturated heterocycles. The lowest BCUT2D eigenvalue weighted by Gasteiger charge is -2.07. The van der Waals surface area contributed by atoms with Crippen LogP contribution in [0.1, 0.15) is 10.4 Å². The van der Waals surface area contributed by atoms with Crippen LogP contribution in [0.3, 0.4) is 0 Å². The quantitative estimate of drug-likeness (QED) is 0.795. The van der Waals surface area contributed by atoms with Crippen molar-refractivity contribution in [2.75, 3.05) is 0 Å². The molecule has 1 aromatic carbocycles. The molecule has 0 saturated carbocycles. The van der Waals surface area contributed by atoms with Gasteiger partial charge < -0.3 is 14.4 Å².